The van der Waals surface area contributed by atoms with Crippen LogP contribution >= 0.6 is 0 Å². The lowest BCUT2D eigenvalue weighted by molar-refractivity contribution is 0.0988. The predicted octanol–water partition coefficient (Wildman–Crippen LogP) is 1.28. The van der Waals surface area contributed by atoms with Crippen LogP contribution in [0.15, 0.2) is 43.0 Å². The Kier molecular flexibility index (Phi) is 6.44. The number of ketones is 1. The average Bonchev–Trinajstić information content (AvgIpc) is 2.81. The molecule has 0 bridgehead atoms. The molecule has 3 aromatic rings. The van der Waals surface area contributed by atoms with Crippen LogP contribution in [0.25, 0.3) is 11.4 Å². The molecule has 0 radical (unpaired) electrons. The highest BCUT2D eigenvalue weighted by Gasteiger charge is 2.20. The quantitative estimate of drug-likeness (QED) is 0.543. The van der Waals surface area contributed by atoms with Gasteiger partial charge in [-0.05, 0) is 30.7 Å². The van der Waals surface area contributed by atoms with Gasteiger partial charge in [0, 0.05) is 49.4 Å². The number of carbonyl (C=O) groups excluding carboxylic acids is 1. The molecular weight excluding hydrogens is 394 g/mol. The van der Waals surface area contributed by atoms with Crippen LogP contribution in [0, 0.1) is 0 Å². The monoisotopic (exact) mass is 419 g/mol. The van der Waals surface area contributed by atoms with Crippen LogP contribution in [-0.4, -0.2) is 58.6 Å². The smallest absolute Gasteiger partial charge is 0.189 e. The van der Waals surface area contributed by atoms with Gasteiger partial charge in [0.15, 0.2) is 11.6 Å². The third-order valence-electron chi connectivity index (χ3n) is 5.17. The molecular formula is C22H25N7O2. The fraction of sp³-hybridized carbons (Fsp3) is 0.318. The molecule has 0 unspecified atom stereocenters. The summed E-state index contributed by atoms with van der Waals surface area (Å²) in [5.41, 5.74) is 15.7. The second kappa shape index (κ2) is 9.59. The molecule has 31 heavy (non-hydrogen) atoms. The topological polar surface area (TPSA) is 133 Å². The molecule has 9 heteroatoms. The Morgan fingerprint density at radius 1 is 1.06 bits per heavy atom. The van der Waals surface area contributed by atoms with E-state index in [1.807, 2.05) is 18.2 Å². The summed E-state index contributed by atoms with van der Waals surface area (Å²) in [4.78, 5) is 32.6. The fourth-order valence-electron chi connectivity index (χ4n) is 3.54. The lowest BCUT2D eigenvalue weighted by Crippen LogP contribution is -2.37. The van der Waals surface area contributed by atoms with Gasteiger partial charge in [-0.25, -0.2) is 9.97 Å². The zero-order valence-electron chi connectivity index (χ0n) is 17.2. The summed E-state index contributed by atoms with van der Waals surface area (Å²) in [6, 6.07) is 5.71. The van der Waals surface area contributed by atoms with Gasteiger partial charge in [0.25, 0.3) is 0 Å². The van der Waals surface area contributed by atoms with E-state index in [1.54, 1.807) is 18.6 Å². The molecule has 3 aromatic heterocycles. The molecule has 0 saturated carbocycles. The van der Waals surface area contributed by atoms with Crippen molar-refractivity contribution in [2.24, 2.45) is 5.73 Å². The number of morpholine rings is 1. The van der Waals surface area contributed by atoms with Crippen LogP contribution in [0.3, 0.4) is 0 Å². The maximum absolute atomic E-state index is 13.1. The molecule has 4 heterocycles. The number of nitrogens with zero attached hydrogens (tertiary/aromatic N) is 5. The first-order chi connectivity index (χ1) is 15.2. The summed E-state index contributed by atoms with van der Waals surface area (Å²) >= 11 is 0. The average molecular weight is 419 g/mol. The number of aromatic nitrogens is 4. The van der Waals surface area contributed by atoms with Crippen molar-refractivity contribution in [2.45, 2.75) is 12.8 Å². The highest BCUT2D eigenvalue weighted by atomic mass is 16.5. The molecule has 1 aliphatic heterocycles. The Bertz CT molecular complexity index is 1050. The second-order valence-corrected chi connectivity index (χ2v) is 7.28. The highest BCUT2D eigenvalue weighted by Crippen LogP contribution is 2.23. The van der Waals surface area contributed by atoms with E-state index < -0.39 is 0 Å². The Morgan fingerprint density at radius 3 is 2.65 bits per heavy atom. The number of nitrogen functional groups attached to an aromatic ring is 1. The maximum atomic E-state index is 13.1. The summed E-state index contributed by atoms with van der Waals surface area (Å²) in [5.74, 6) is -0.112. The predicted molar refractivity (Wildman–Crippen MR) is 118 cm³/mol. The van der Waals surface area contributed by atoms with Crippen molar-refractivity contribution < 1.29 is 9.53 Å². The molecule has 4 N–H and O–H groups in total. The normalized spacial score (nSPS) is 13.9. The van der Waals surface area contributed by atoms with E-state index in [9.17, 15) is 4.79 Å². The van der Waals surface area contributed by atoms with Crippen molar-refractivity contribution in [1.82, 2.24) is 19.9 Å². The molecule has 0 amide bonds. The molecule has 1 saturated heterocycles. The molecule has 0 aromatic carbocycles. The zero-order chi connectivity index (χ0) is 21.6. The van der Waals surface area contributed by atoms with Crippen LogP contribution < -0.4 is 16.4 Å². The van der Waals surface area contributed by atoms with Gasteiger partial charge in [-0.1, -0.05) is 6.07 Å². The SMILES string of the molecule is NCCc1ccc(-c2cnc(N)c(C(=O)Cc3cnccc3N3CCOCC3)n2)nc1. The number of nitrogens with two attached hydrogens (primary N) is 2. The van der Waals surface area contributed by atoms with Crippen molar-refractivity contribution in [3.63, 3.8) is 0 Å². The van der Waals surface area contributed by atoms with Gasteiger partial charge < -0.3 is 21.1 Å². The minimum absolute atomic E-state index is 0.102. The van der Waals surface area contributed by atoms with Crippen LogP contribution in [0.2, 0.25) is 0 Å². The van der Waals surface area contributed by atoms with E-state index in [0.29, 0.717) is 31.1 Å². The number of carbonyl (C=O) groups is 1. The van der Waals surface area contributed by atoms with Crippen LogP contribution in [0.1, 0.15) is 21.6 Å². The number of anilines is 2. The van der Waals surface area contributed by atoms with Crippen molar-refractivity contribution >= 4 is 17.3 Å². The van der Waals surface area contributed by atoms with E-state index in [-0.39, 0.29) is 23.7 Å². The van der Waals surface area contributed by atoms with Crippen molar-refractivity contribution in [3.8, 4) is 11.4 Å². The lowest BCUT2D eigenvalue weighted by Gasteiger charge is -2.30. The third kappa shape index (κ3) is 4.84. The summed E-state index contributed by atoms with van der Waals surface area (Å²) in [6.07, 6.45) is 7.61. The van der Waals surface area contributed by atoms with Crippen LogP contribution in [0.5, 0.6) is 0 Å². The van der Waals surface area contributed by atoms with Gasteiger partial charge in [0.1, 0.15) is 11.4 Å². The van der Waals surface area contributed by atoms with E-state index in [0.717, 1.165) is 36.3 Å². The Balaban J connectivity index is 1.57. The van der Waals surface area contributed by atoms with Gasteiger partial charge >= 0.3 is 0 Å². The Labute approximate surface area is 180 Å². The van der Waals surface area contributed by atoms with Gasteiger partial charge in [-0.3, -0.25) is 14.8 Å². The first-order valence-corrected chi connectivity index (χ1v) is 10.2. The van der Waals surface area contributed by atoms with Crippen LogP contribution in [-0.2, 0) is 17.6 Å². The number of pyridine rings is 2. The lowest BCUT2D eigenvalue weighted by atomic mass is 10.1. The second-order valence-electron chi connectivity index (χ2n) is 7.28. The molecule has 0 aliphatic carbocycles. The summed E-state index contributed by atoms with van der Waals surface area (Å²) in [7, 11) is 0. The minimum atomic E-state index is -0.214. The maximum Gasteiger partial charge on any atom is 0.189 e. The summed E-state index contributed by atoms with van der Waals surface area (Å²) in [5, 5.41) is 0. The molecule has 1 fully saturated rings. The Morgan fingerprint density at radius 2 is 1.90 bits per heavy atom. The van der Waals surface area contributed by atoms with E-state index in [1.165, 1.54) is 6.20 Å². The first kappa shape index (κ1) is 20.8. The standard InChI is InChI=1S/C22H25N7O2/c23-5-3-15-1-2-17(26-12-15)18-14-27-22(24)21(28-18)20(30)11-16-13-25-6-4-19(16)29-7-9-31-10-8-29/h1-2,4,6,12-14H,3,5,7-11,23H2,(H2,24,27). The summed E-state index contributed by atoms with van der Waals surface area (Å²) < 4.78 is 5.43. The molecule has 0 spiro atoms. The van der Waals surface area contributed by atoms with Gasteiger partial charge in [0.2, 0.25) is 0 Å². The van der Waals surface area contributed by atoms with Crippen molar-refractivity contribution in [3.05, 3.63) is 59.8 Å². The number of Topliss-reactive ketones (excluding diaryl/α,β-unsaturated/α-hetero) is 1. The molecule has 9 nitrogen and oxygen atoms in total. The largest absolute Gasteiger partial charge is 0.382 e. The zero-order valence-corrected chi connectivity index (χ0v) is 17.2. The third-order valence-corrected chi connectivity index (χ3v) is 5.17. The van der Waals surface area contributed by atoms with Gasteiger partial charge in [0.05, 0.1) is 25.1 Å². The minimum Gasteiger partial charge on any atom is -0.382 e. The fourth-order valence-corrected chi connectivity index (χ4v) is 3.54. The number of hydrogen-bond donors (Lipinski definition) is 2. The first-order valence-electron chi connectivity index (χ1n) is 10.2. The van der Waals surface area contributed by atoms with Gasteiger partial charge in [-0.2, -0.15) is 0 Å². The molecule has 160 valence electrons. The molecule has 1 aliphatic rings. The molecule has 0 atom stereocenters. The number of hydrogen-bond acceptors (Lipinski definition) is 9. The molecule has 4 rings (SSSR count). The van der Waals surface area contributed by atoms with Crippen molar-refractivity contribution in [1.29, 1.82) is 0 Å². The highest BCUT2D eigenvalue weighted by molar-refractivity contribution is 6.00. The number of ether oxygens (including phenoxy) is 1. The van der Waals surface area contributed by atoms with E-state index in [4.69, 9.17) is 16.2 Å². The van der Waals surface area contributed by atoms with E-state index in [2.05, 4.69) is 24.8 Å². The summed E-state index contributed by atoms with van der Waals surface area (Å²) in [6.45, 7) is 3.42. The van der Waals surface area contributed by atoms with Gasteiger partial charge in [-0.15, -0.1) is 0 Å². The van der Waals surface area contributed by atoms with Crippen LogP contribution in [0.4, 0.5) is 11.5 Å². The van der Waals surface area contributed by atoms with E-state index >= 15 is 0 Å². The van der Waals surface area contributed by atoms with Crippen molar-refractivity contribution in [2.75, 3.05) is 43.5 Å². The Hall–Kier alpha value is -3.43. The number of rotatable bonds is 7.